The Kier molecular flexibility index (Phi) is 4.88. The Labute approximate surface area is 139 Å². The van der Waals surface area contributed by atoms with E-state index < -0.39 is 5.97 Å². The van der Waals surface area contributed by atoms with Crippen molar-refractivity contribution in [3.05, 3.63) is 42.5 Å². The fraction of sp³-hybridized carbons (Fsp3) is 0.412. The van der Waals surface area contributed by atoms with Crippen LogP contribution in [0.5, 0.6) is 0 Å². The number of aromatic nitrogens is 3. The molecule has 1 amide bonds. The van der Waals surface area contributed by atoms with Crippen LogP contribution < -0.4 is 0 Å². The van der Waals surface area contributed by atoms with Gasteiger partial charge in [0.1, 0.15) is 12.7 Å². The summed E-state index contributed by atoms with van der Waals surface area (Å²) in [6, 6.07) is 7.34. The lowest BCUT2D eigenvalue weighted by Gasteiger charge is -2.32. The van der Waals surface area contributed by atoms with E-state index in [4.69, 9.17) is 5.11 Å². The SMILES string of the molecule is O=C(O)CC[C@H]1CCCN(C(=O)c2ccc(-n3cnnc3)cc2)C1. The van der Waals surface area contributed by atoms with E-state index in [1.165, 1.54) is 0 Å². The Balaban J connectivity index is 1.64. The number of piperidine rings is 1. The lowest BCUT2D eigenvalue weighted by molar-refractivity contribution is -0.137. The van der Waals surface area contributed by atoms with Crippen LogP contribution in [0.3, 0.4) is 0 Å². The quantitative estimate of drug-likeness (QED) is 0.906. The molecule has 1 saturated heterocycles. The van der Waals surface area contributed by atoms with Gasteiger partial charge in [-0.15, -0.1) is 10.2 Å². The van der Waals surface area contributed by atoms with Gasteiger partial charge in [-0.1, -0.05) is 0 Å². The summed E-state index contributed by atoms with van der Waals surface area (Å²) in [7, 11) is 0. The fourth-order valence-corrected chi connectivity index (χ4v) is 3.11. The summed E-state index contributed by atoms with van der Waals surface area (Å²) in [5.74, 6) is -0.497. The van der Waals surface area contributed by atoms with Crippen LogP contribution in [0.25, 0.3) is 5.69 Å². The van der Waals surface area contributed by atoms with E-state index >= 15 is 0 Å². The third-order valence-electron chi connectivity index (χ3n) is 4.40. The third-order valence-corrected chi connectivity index (χ3v) is 4.40. The largest absolute Gasteiger partial charge is 0.481 e. The van der Waals surface area contributed by atoms with Crippen molar-refractivity contribution in [2.75, 3.05) is 13.1 Å². The summed E-state index contributed by atoms with van der Waals surface area (Å²) in [4.78, 5) is 25.2. The van der Waals surface area contributed by atoms with E-state index in [1.54, 1.807) is 29.4 Å². The van der Waals surface area contributed by atoms with Crippen molar-refractivity contribution in [3.8, 4) is 5.69 Å². The molecule has 0 spiro atoms. The summed E-state index contributed by atoms with van der Waals surface area (Å²) in [6.45, 7) is 1.37. The molecule has 24 heavy (non-hydrogen) atoms. The average molecular weight is 328 g/mol. The molecule has 0 bridgehead atoms. The molecule has 1 atom stereocenters. The maximum absolute atomic E-state index is 12.7. The van der Waals surface area contributed by atoms with Gasteiger partial charge in [0, 0.05) is 30.8 Å². The molecular weight excluding hydrogens is 308 g/mol. The van der Waals surface area contributed by atoms with Crippen LogP contribution >= 0.6 is 0 Å². The molecule has 1 aromatic carbocycles. The van der Waals surface area contributed by atoms with Crippen LogP contribution in [-0.4, -0.2) is 49.7 Å². The topological polar surface area (TPSA) is 88.3 Å². The highest BCUT2D eigenvalue weighted by atomic mass is 16.4. The highest BCUT2D eigenvalue weighted by Gasteiger charge is 2.24. The maximum atomic E-state index is 12.7. The number of carboxylic acids is 1. The smallest absolute Gasteiger partial charge is 0.303 e. The Morgan fingerprint density at radius 3 is 2.54 bits per heavy atom. The first-order valence-corrected chi connectivity index (χ1v) is 8.09. The maximum Gasteiger partial charge on any atom is 0.303 e. The number of hydrogen-bond donors (Lipinski definition) is 1. The van der Waals surface area contributed by atoms with Crippen LogP contribution in [-0.2, 0) is 4.79 Å². The molecule has 1 fully saturated rings. The molecule has 1 N–H and O–H groups in total. The fourth-order valence-electron chi connectivity index (χ4n) is 3.11. The number of aliphatic carboxylic acids is 1. The second-order valence-electron chi connectivity index (χ2n) is 6.11. The van der Waals surface area contributed by atoms with Gasteiger partial charge >= 0.3 is 5.97 Å². The predicted octanol–water partition coefficient (Wildman–Crippen LogP) is 1.98. The minimum absolute atomic E-state index is 0.00494. The molecule has 0 saturated carbocycles. The number of nitrogens with zero attached hydrogens (tertiary/aromatic N) is 4. The van der Waals surface area contributed by atoms with Gasteiger partial charge in [-0.3, -0.25) is 14.2 Å². The average Bonchev–Trinajstić information content (AvgIpc) is 3.14. The van der Waals surface area contributed by atoms with Crippen LogP contribution in [0.15, 0.2) is 36.9 Å². The van der Waals surface area contributed by atoms with Crippen molar-refractivity contribution in [2.24, 2.45) is 5.92 Å². The van der Waals surface area contributed by atoms with Gasteiger partial charge in [-0.2, -0.15) is 0 Å². The van der Waals surface area contributed by atoms with E-state index in [-0.39, 0.29) is 18.2 Å². The van der Waals surface area contributed by atoms with Crippen molar-refractivity contribution in [1.82, 2.24) is 19.7 Å². The standard InChI is InChI=1S/C17H20N4O3/c22-16(23)8-3-13-2-1-9-20(10-13)17(24)14-4-6-15(7-5-14)21-11-18-19-12-21/h4-7,11-13H,1-3,8-10H2,(H,22,23)/t13-/m1/s1. The van der Waals surface area contributed by atoms with Gasteiger partial charge in [-0.05, 0) is 49.4 Å². The summed E-state index contributed by atoms with van der Waals surface area (Å²) in [5, 5.41) is 16.3. The minimum atomic E-state index is -0.775. The van der Waals surface area contributed by atoms with Crippen molar-refractivity contribution < 1.29 is 14.7 Å². The molecule has 0 aliphatic carbocycles. The molecule has 3 rings (SSSR count). The second kappa shape index (κ2) is 7.25. The number of likely N-dealkylation sites (tertiary alicyclic amines) is 1. The normalized spacial score (nSPS) is 17.7. The van der Waals surface area contributed by atoms with E-state index in [2.05, 4.69) is 10.2 Å². The zero-order valence-electron chi connectivity index (χ0n) is 13.3. The Morgan fingerprint density at radius 1 is 1.17 bits per heavy atom. The van der Waals surface area contributed by atoms with E-state index in [0.717, 1.165) is 25.1 Å². The summed E-state index contributed by atoms with van der Waals surface area (Å²) < 4.78 is 1.77. The number of carboxylic acid groups (broad SMARTS) is 1. The third kappa shape index (κ3) is 3.79. The second-order valence-corrected chi connectivity index (χ2v) is 6.11. The molecule has 0 unspecified atom stereocenters. The Morgan fingerprint density at radius 2 is 1.88 bits per heavy atom. The zero-order chi connectivity index (χ0) is 16.9. The molecule has 126 valence electrons. The lowest BCUT2D eigenvalue weighted by Crippen LogP contribution is -2.40. The van der Waals surface area contributed by atoms with Crippen LogP contribution in [0.1, 0.15) is 36.0 Å². The van der Waals surface area contributed by atoms with Gasteiger partial charge in [0.25, 0.3) is 5.91 Å². The number of hydrogen-bond acceptors (Lipinski definition) is 4. The van der Waals surface area contributed by atoms with Gasteiger partial charge < -0.3 is 10.0 Å². The van der Waals surface area contributed by atoms with E-state index in [9.17, 15) is 9.59 Å². The van der Waals surface area contributed by atoms with Gasteiger partial charge in [0.15, 0.2) is 0 Å². The summed E-state index contributed by atoms with van der Waals surface area (Å²) in [5.41, 5.74) is 1.54. The number of amides is 1. The van der Waals surface area contributed by atoms with Crippen molar-refractivity contribution in [3.63, 3.8) is 0 Å². The van der Waals surface area contributed by atoms with Crippen LogP contribution in [0.2, 0.25) is 0 Å². The van der Waals surface area contributed by atoms with Crippen LogP contribution in [0, 0.1) is 5.92 Å². The van der Waals surface area contributed by atoms with Crippen molar-refractivity contribution in [2.45, 2.75) is 25.7 Å². The molecule has 2 heterocycles. The number of carbonyl (C=O) groups excluding carboxylic acids is 1. The number of benzene rings is 1. The molecule has 1 aliphatic rings. The van der Waals surface area contributed by atoms with E-state index in [1.807, 2.05) is 17.0 Å². The van der Waals surface area contributed by atoms with Gasteiger partial charge in [0.2, 0.25) is 0 Å². The number of carbonyl (C=O) groups is 2. The van der Waals surface area contributed by atoms with Crippen molar-refractivity contribution >= 4 is 11.9 Å². The lowest BCUT2D eigenvalue weighted by atomic mass is 9.93. The highest BCUT2D eigenvalue weighted by molar-refractivity contribution is 5.94. The van der Waals surface area contributed by atoms with Crippen molar-refractivity contribution in [1.29, 1.82) is 0 Å². The first kappa shape index (κ1) is 16.2. The Bertz CT molecular complexity index is 697. The minimum Gasteiger partial charge on any atom is -0.481 e. The van der Waals surface area contributed by atoms with Crippen LogP contribution in [0.4, 0.5) is 0 Å². The molecule has 1 aromatic heterocycles. The molecule has 7 heteroatoms. The molecule has 0 radical (unpaired) electrons. The van der Waals surface area contributed by atoms with E-state index in [0.29, 0.717) is 18.5 Å². The first-order valence-electron chi connectivity index (χ1n) is 8.09. The first-order chi connectivity index (χ1) is 11.6. The summed E-state index contributed by atoms with van der Waals surface area (Å²) in [6.07, 6.45) is 5.92. The molecular formula is C17H20N4O3. The highest BCUT2D eigenvalue weighted by Crippen LogP contribution is 2.22. The molecule has 7 nitrogen and oxygen atoms in total. The van der Waals surface area contributed by atoms with Gasteiger partial charge in [0.05, 0.1) is 0 Å². The molecule has 2 aromatic rings. The summed E-state index contributed by atoms with van der Waals surface area (Å²) >= 11 is 0. The molecule has 1 aliphatic heterocycles. The number of rotatable bonds is 5. The zero-order valence-corrected chi connectivity index (χ0v) is 13.3. The predicted molar refractivity (Wildman–Crippen MR) is 86.9 cm³/mol. The monoisotopic (exact) mass is 328 g/mol. The Hall–Kier alpha value is -2.70. The van der Waals surface area contributed by atoms with Gasteiger partial charge in [-0.25, -0.2) is 0 Å².